The molecule has 0 saturated heterocycles. The second kappa shape index (κ2) is 32.4. The van der Waals surface area contributed by atoms with Crippen LogP contribution in [0.2, 0.25) is 0 Å². The van der Waals surface area contributed by atoms with E-state index >= 15 is 0 Å². The first-order chi connectivity index (χ1) is 19.6. The fraction of sp³-hybridized carbons (Fsp3) is 0.889. The first-order valence-corrected chi connectivity index (χ1v) is 17.7. The van der Waals surface area contributed by atoms with E-state index in [0.717, 1.165) is 64.2 Å². The largest absolute Gasteiger partial charge is 0.393 e. The summed E-state index contributed by atoms with van der Waals surface area (Å²) in [6.07, 6.45) is 37.1. The Morgan fingerprint density at radius 3 is 1.25 bits per heavy atom. The maximum absolute atomic E-state index is 11.9. The van der Waals surface area contributed by atoms with Gasteiger partial charge in [0.25, 0.3) is 0 Å². The van der Waals surface area contributed by atoms with E-state index in [9.17, 15) is 14.7 Å². The molecule has 0 aliphatic rings. The number of carbonyl (C=O) groups is 2. The van der Waals surface area contributed by atoms with E-state index in [1.165, 1.54) is 109 Å². The molecule has 4 heteroatoms. The van der Waals surface area contributed by atoms with E-state index < -0.39 is 0 Å². The summed E-state index contributed by atoms with van der Waals surface area (Å²) >= 11 is 0. The Bertz CT molecular complexity index is 571. The maximum atomic E-state index is 11.9. The molecule has 0 aliphatic carbocycles. The van der Waals surface area contributed by atoms with Crippen LogP contribution in [0.4, 0.5) is 0 Å². The molecule has 40 heavy (non-hydrogen) atoms. The van der Waals surface area contributed by atoms with Crippen molar-refractivity contribution in [2.75, 3.05) is 0 Å². The summed E-state index contributed by atoms with van der Waals surface area (Å²) < 4.78 is 4.99. The molecular formula is C36H68O4. The summed E-state index contributed by atoms with van der Waals surface area (Å²) in [6, 6.07) is 0. The van der Waals surface area contributed by atoms with Crippen LogP contribution in [0.25, 0.3) is 0 Å². The zero-order valence-electron chi connectivity index (χ0n) is 26.9. The van der Waals surface area contributed by atoms with E-state index in [1.807, 2.05) is 0 Å². The lowest BCUT2D eigenvalue weighted by molar-refractivity contribution is -0.159. The molecule has 236 valence electrons. The highest BCUT2D eigenvalue weighted by molar-refractivity contribution is 5.85. The molecule has 0 spiro atoms. The molecule has 0 aliphatic heterocycles. The number of hydrogen-bond donors (Lipinski definition) is 1. The van der Waals surface area contributed by atoms with Crippen LogP contribution >= 0.6 is 0 Å². The van der Waals surface area contributed by atoms with Gasteiger partial charge < -0.3 is 9.84 Å². The Morgan fingerprint density at radius 2 is 0.825 bits per heavy atom. The van der Waals surface area contributed by atoms with Gasteiger partial charge in [-0.2, -0.15) is 0 Å². The zero-order chi connectivity index (χ0) is 29.4. The monoisotopic (exact) mass is 565 g/mol. The second-order valence-corrected chi connectivity index (χ2v) is 12.1. The highest BCUT2D eigenvalue weighted by Crippen LogP contribution is 2.15. The van der Waals surface area contributed by atoms with E-state index in [-0.39, 0.29) is 18.0 Å². The van der Waals surface area contributed by atoms with Gasteiger partial charge in [0.2, 0.25) is 0 Å². The lowest BCUT2D eigenvalue weighted by atomic mass is 10.0. The molecule has 0 fully saturated rings. The van der Waals surface area contributed by atoms with Gasteiger partial charge >= 0.3 is 11.9 Å². The van der Waals surface area contributed by atoms with Gasteiger partial charge in [0.1, 0.15) is 0 Å². The van der Waals surface area contributed by atoms with Crippen LogP contribution in [0.3, 0.4) is 0 Å². The van der Waals surface area contributed by atoms with Gasteiger partial charge in [-0.3, -0.25) is 9.59 Å². The third-order valence-electron chi connectivity index (χ3n) is 7.93. The fourth-order valence-electron chi connectivity index (χ4n) is 5.23. The predicted octanol–water partition coefficient (Wildman–Crippen LogP) is 11.3. The van der Waals surface area contributed by atoms with Crippen molar-refractivity contribution in [3.63, 3.8) is 0 Å². The normalized spacial score (nSPS) is 12.3. The highest BCUT2D eigenvalue weighted by Gasteiger charge is 2.10. The average molecular weight is 565 g/mol. The minimum Gasteiger partial charge on any atom is -0.393 e. The van der Waals surface area contributed by atoms with E-state index in [2.05, 4.69) is 26.0 Å². The molecule has 0 heterocycles. The van der Waals surface area contributed by atoms with Gasteiger partial charge in [0.05, 0.1) is 6.10 Å². The van der Waals surface area contributed by atoms with Crippen LogP contribution in [-0.2, 0) is 14.3 Å². The van der Waals surface area contributed by atoms with Gasteiger partial charge in [0.15, 0.2) is 0 Å². The third-order valence-corrected chi connectivity index (χ3v) is 7.93. The Labute approximate surface area is 249 Å². The Balaban J connectivity index is 3.37. The molecule has 0 radical (unpaired) electrons. The Morgan fingerprint density at radius 1 is 0.500 bits per heavy atom. The standard InChI is InChI=1S/C36H68O4/c1-3-5-7-9-10-11-12-13-14-15-16-17-21-24-28-32-35(38)40-36(39)33-29-25-22-19-18-20-23-27-31-34(37)30-26-8-6-4-2/h11-12,34,37H,3-10,13-33H2,1-2H3/b12-11-. The molecule has 0 aromatic heterocycles. The molecule has 1 unspecified atom stereocenters. The van der Waals surface area contributed by atoms with Crippen molar-refractivity contribution in [2.45, 2.75) is 206 Å². The van der Waals surface area contributed by atoms with Crippen molar-refractivity contribution in [2.24, 2.45) is 0 Å². The van der Waals surface area contributed by atoms with Crippen molar-refractivity contribution in [1.82, 2.24) is 0 Å². The smallest absolute Gasteiger partial charge is 0.313 e. The van der Waals surface area contributed by atoms with Gasteiger partial charge in [-0.1, -0.05) is 148 Å². The van der Waals surface area contributed by atoms with Crippen molar-refractivity contribution in [1.29, 1.82) is 0 Å². The van der Waals surface area contributed by atoms with Gasteiger partial charge in [0, 0.05) is 12.8 Å². The van der Waals surface area contributed by atoms with E-state index in [4.69, 9.17) is 4.74 Å². The summed E-state index contributed by atoms with van der Waals surface area (Å²) in [7, 11) is 0. The number of carbonyl (C=O) groups excluding carboxylic acids is 2. The average Bonchev–Trinajstić information content (AvgIpc) is 2.94. The first-order valence-electron chi connectivity index (χ1n) is 17.7. The number of unbranched alkanes of at least 4 members (excludes halogenated alkanes) is 21. The molecule has 0 aromatic rings. The van der Waals surface area contributed by atoms with Crippen LogP contribution in [-0.4, -0.2) is 23.1 Å². The molecule has 0 amide bonds. The van der Waals surface area contributed by atoms with Gasteiger partial charge in [-0.05, 0) is 51.4 Å². The highest BCUT2D eigenvalue weighted by atomic mass is 16.6. The van der Waals surface area contributed by atoms with Crippen molar-refractivity contribution in [3.8, 4) is 0 Å². The number of aliphatic hydroxyl groups excluding tert-OH is 1. The number of allylic oxidation sites excluding steroid dienone is 2. The topological polar surface area (TPSA) is 63.6 Å². The number of ether oxygens (including phenoxy) is 1. The Kier molecular flexibility index (Phi) is 31.4. The quantitative estimate of drug-likeness (QED) is 0.0393. The SMILES string of the molecule is CCCCCC/C=C\CCCCCCCCCC(=O)OC(=O)CCCCCCCCCCC(O)CCCCCC. The second-order valence-electron chi connectivity index (χ2n) is 12.1. The van der Waals surface area contributed by atoms with Crippen molar-refractivity contribution in [3.05, 3.63) is 12.2 Å². The Hall–Kier alpha value is -1.16. The molecule has 1 atom stereocenters. The van der Waals surface area contributed by atoms with Gasteiger partial charge in [-0.15, -0.1) is 0 Å². The van der Waals surface area contributed by atoms with Crippen LogP contribution in [0.1, 0.15) is 200 Å². The number of aliphatic hydroxyl groups is 1. The van der Waals surface area contributed by atoms with Crippen molar-refractivity contribution >= 4 is 11.9 Å². The first kappa shape index (κ1) is 38.8. The number of rotatable bonds is 31. The molecule has 1 N–H and O–H groups in total. The number of esters is 2. The molecular weight excluding hydrogens is 496 g/mol. The third kappa shape index (κ3) is 31.4. The van der Waals surface area contributed by atoms with Crippen LogP contribution in [0.5, 0.6) is 0 Å². The van der Waals surface area contributed by atoms with Crippen LogP contribution < -0.4 is 0 Å². The zero-order valence-corrected chi connectivity index (χ0v) is 26.9. The minimum absolute atomic E-state index is 0.106. The minimum atomic E-state index is -0.353. The molecule has 0 aromatic carbocycles. The molecule has 4 nitrogen and oxygen atoms in total. The molecule has 0 saturated carbocycles. The fourth-order valence-corrected chi connectivity index (χ4v) is 5.23. The van der Waals surface area contributed by atoms with E-state index in [1.54, 1.807) is 0 Å². The lowest BCUT2D eigenvalue weighted by Crippen LogP contribution is -2.11. The van der Waals surface area contributed by atoms with Crippen LogP contribution in [0, 0.1) is 0 Å². The number of hydrogen-bond acceptors (Lipinski definition) is 4. The maximum Gasteiger partial charge on any atom is 0.313 e. The van der Waals surface area contributed by atoms with Crippen molar-refractivity contribution < 1.29 is 19.4 Å². The van der Waals surface area contributed by atoms with Crippen LogP contribution in [0.15, 0.2) is 12.2 Å². The summed E-state index contributed by atoms with van der Waals surface area (Å²) in [5, 5.41) is 10.0. The summed E-state index contributed by atoms with van der Waals surface area (Å²) in [5.74, 6) is -0.703. The van der Waals surface area contributed by atoms with E-state index in [0.29, 0.717) is 12.8 Å². The molecule has 0 rings (SSSR count). The summed E-state index contributed by atoms with van der Waals surface area (Å²) in [6.45, 7) is 4.47. The molecule has 0 bridgehead atoms. The summed E-state index contributed by atoms with van der Waals surface area (Å²) in [5.41, 5.74) is 0. The predicted molar refractivity (Wildman–Crippen MR) is 171 cm³/mol. The van der Waals surface area contributed by atoms with Gasteiger partial charge in [-0.25, -0.2) is 0 Å². The summed E-state index contributed by atoms with van der Waals surface area (Å²) in [4.78, 5) is 23.8. The lowest BCUT2D eigenvalue weighted by Gasteiger charge is -2.10.